The molecule has 2 aromatic rings. The molecule has 1 unspecified atom stereocenters. The average molecular weight is 358 g/mol. The minimum Gasteiger partial charge on any atom is -0.324 e. The summed E-state index contributed by atoms with van der Waals surface area (Å²) in [7, 11) is 1.83. The number of nitrogens with two attached hydrogens (primary N) is 1. The summed E-state index contributed by atoms with van der Waals surface area (Å²) in [6.45, 7) is 3.61. The molecule has 1 atom stereocenters. The first kappa shape index (κ1) is 16.1. The number of nitrogens with zero attached hydrogens (tertiary/aromatic N) is 2. The molecule has 1 aromatic carbocycles. The average Bonchev–Trinajstić information content (AvgIpc) is 2.70. The molecule has 1 heterocycles. The molecule has 2 rings (SSSR count). The molecule has 1 aromatic heterocycles. The Hall–Kier alpha value is -1.27. The first-order chi connectivity index (χ1) is 9.85. The van der Waals surface area contributed by atoms with Crippen molar-refractivity contribution in [2.24, 2.45) is 12.8 Å². The van der Waals surface area contributed by atoms with Gasteiger partial charge in [-0.1, -0.05) is 6.92 Å². The van der Waals surface area contributed by atoms with E-state index >= 15 is 0 Å². The van der Waals surface area contributed by atoms with Crippen LogP contribution in [0.4, 0.5) is 8.78 Å². The highest BCUT2D eigenvalue weighted by Crippen LogP contribution is 2.27. The number of rotatable bonds is 4. The molecule has 0 amide bonds. The van der Waals surface area contributed by atoms with Gasteiger partial charge in [-0.05, 0) is 40.9 Å². The predicted molar refractivity (Wildman–Crippen MR) is 82.0 cm³/mol. The first-order valence-corrected chi connectivity index (χ1v) is 7.55. The van der Waals surface area contributed by atoms with Crippen molar-refractivity contribution >= 4 is 15.9 Å². The number of halogens is 3. The Bertz CT molecular complexity index is 667. The van der Waals surface area contributed by atoms with Crippen LogP contribution in [0, 0.1) is 18.6 Å². The van der Waals surface area contributed by atoms with E-state index in [2.05, 4.69) is 21.0 Å². The Morgan fingerprint density at radius 2 is 2.00 bits per heavy atom. The normalized spacial score (nSPS) is 12.7. The van der Waals surface area contributed by atoms with Crippen molar-refractivity contribution in [1.29, 1.82) is 0 Å². The SMILES string of the molecule is CCc1nn(C)c(CC(N)c2cc(C)c(F)cc2F)c1Br. The van der Waals surface area contributed by atoms with Crippen LogP contribution >= 0.6 is 15.9 Å². The van der Waals surface area contributed by atoms with E-state index in [1.807, 2.05) is 14.0 Å². The van der Waals surface area contributed by atoms with Gasteiger partial charge in [0.05, 0.1) is 15.9 Å². The Morgan fingerprint density at radius 3 is 2.57 bits per heavy atom. The van der Waals surface area contributed by atoms with Gasteiger partial charge < -0.3 is 5.73 Å². The molecule has 0 spiro atoms. The van der Waals surface area contributed by atoms with Crippen LogP contribution in [0.3, 0.4) is 0 Å². The van der Waals surface area contributed by atoms with Crippen LogP contribution in [-0.4, -0.2) is 9.78 Å². The second kappa shape index (κ2) is 6.23. The van der Waals surface area contributed by atoms with Gasteiger partial charge in [0.15, 0.2) is 0 Å². The lowest BCUT2D eigenvalue weighted by atomic mass is 10.00. The van der Waals surface area contributed by atoms with Crippen molar-refractivity contribution < 1.29 is 8.78 Å². The third-order valence-corrected chi connectivity index (χ3v) is 4.51. The summed E-state index contributed by atoms with van der Waals surface area (Å²) in [5.74, 6) is -1.17. The van der Waals surface area contributed by atoms with Crippen molar-refractivity contribution in [2.45, 2.75) is 32.7 Å². The first-order valence-electron chi connectivity index (χ1n) is 6.76. The second-order valence-electron chi connectivity index (χ2n) is 5.12. The van der Waals surface area contributed by atoms with Crippen LogP contribution in [0.5, 0.6) is 0 Å². The molecular formula is C15H18BrF2N3. The number of aromatic nitrogens is 2. The summed E-state index contributed by atoms with van der Waals surface area (Å²) >= 11 is 3.52. The van der Waals surface area contributed by atoms with E-state index in [1.54, 1.807) is 11.6 Å². The molecule has 0 saturated carbocycles. The molecule has 0 radical (unpaired) electrons. The van der Waals surface area contributed by atoms with Gasteiger partial charge in [-0.25, -0.2) is 8.78 Å². The van der Waals surface area contributed by atoms with Crippen molar-refractivity contribution in [3.63, 3.8) is 0 Å². The van der Waals surface area contributed by atoms with E-state index in [-0.39, 0.29) is 0 Å². The Kier molecular flexibility index (Phi) is 4.78. The molecule has 6 heteroatoms. The predicted octanol–water partition coefficient (Wildman–Crippen LogP) is 3.57. The molecule has 0 fully saturated rings. The number of aryl methyl sites for hydroxylation is 3. The molecule has 0 bridgehead atoms. The highest BCUT2D eigenvalue weighted by Gasteiger charge is 2.19. The molecule has 3 nitrogen and oxygen atoms in total. The lowest BCUT2D eigenvalue weighted by Crippen LogP contribution is -2.17. The van der Waals surface area contributed by atoms with E-state index in [4.69, 9.17) is 5.73 Å². The zero-order chi connectivity index (χ0) is 15.7. The molecule has 2 N–H and O–H groups in total. The third-order valence-electron chi connectivity index (χ3n) is 3.59. The quantitative estimate of drug-likeness (QED) is 0.908. The van der Waals surface area contributed by atoms with E-state index in [0.29, 0.717) is 17.5 Å². The summed E-state index contributed by atoms with van der Waals surface area (Å²) in [6, 6.07) is 1.81. The topological polar surface area (TPSA) is 43.8 Å². The van der Waals surface area contributed by atoms with Gasteiger partial charge in [0.2, 0.25) is 0 Å². The third kappa shape index (κ3) is 3.16. The maximum atomic E-state index is 13.9. The maximum Gasteiger partial charge on any atom is 0.130 e. The van der Waals surface area contributed by atoms with E-state index in [0.717, 1.165) is 28.3 Å². The monoisotopic (exact) mass is 357 g/mol. The molecule has 21 heavy (non-hydrogen) atoms. The Labute approximate surface area is 131 Å². The summed E-state index contributed by atoms with van der Waals surface area (Å²) < 4.78 is 29.9. The van der Waals surface area contributed by atoms with E-state index in [9.17, 15) is 8.78 Å². The summed E-state index contributed by atoms with van der Waals surface area (Å²) in [5, 5.41) is 4.39. The van der Waals surface area contributed by atoms with Crippen molar-refractivity contribution in [3.05, 3.63) is 50.8 Å². The highest BCUT2D eigenvalue weighted by atomic mass is 79.9. The molecule has 114 valence electrons. The summed E-state index contributed by atoms with van der Waals surface area (Å²) in [5.41, 5.74) is 8.66. The number of hydrogen-bond acceptors (Lipinski definition) is 2. The molecule has 0 aliphatic rings. The Morgan fingerprint density at radius 1 is 1.33 bits per heavy atom. The van der Waals surface area contributed by atoms with Gasteiger partial charge in [-0.3, -0.25) is 4.68 Å². The van der Waals surface area contributed by atoms with Crippen LogP contribution in [0.25, 0.3) is 0 Å². The van der Waals surface area contributed by atoms with E-state index in [1.165, 1.54) is 6.07 Å². The van der Waals surface area contributed by atoms with Crippen LogP contribution in [0.1, 0.15) is 35.5 Å². The molecule has 0 saturated heterocycles. The van der Waals surface area contributed by atoms with Crippen molar-refractivity contribution in [1.82, 2.24) is 9.78 Å². The Balaban J connectivity index is 2.32. The van der Waals surface area contributed by atoms with Crippen LogP contribution in [0.2, 0.25) is 0 Å². The fraction of sp³-hybridized carbons (Fsp3) is 0.400. The van der Waals surface area contributed by atoms with Gasteiger partial charge in [0, 0.05) is 31.1 Å². The van der Waals surface area contributed by atoms with Crippen molar-refractivity contribution in [2.75, 3.05) is 0 Å². The molecular weight excluding hydrogens is 340 g/mol. The largest absolute Gasteiger partial charge is 0.324 e. The summed E-state index contributed by atoms with van der Waals surface area (Å²) in [4.78, 5) is 0. The smallest absolute Gasteiger partial charge is 0.130 e. The fourth-order valence-electron chi connectivity index (χ4n) is 2.32. The molecule has 0 aliphatic carbocycles. The van der Waals surface area contributed by atoms with Gasteiger partial charge in [-0.15, -0.1) is 0 Å². The van der Waals surface area contributed by atoms with Gasteiger partial charge in [0.1, 0.15) is 11.6 Å². The summed E-state index contributed by atoms with van der Waals surface area (Å²) in [6.07, 6.45) is 1.22. The van der Waals surface area contributed by atoms with Crippen LogP contribution < -0.4 is 5.73 Å². The number of hydrogen-bond donors (Lipinski definition) is 1. The fourth-order valence-corrected chi connectivity index (χ4v) is 3.10. The van der Waals surface area contributed by atoms with E-state index < -0.39 is 17.7 Å². The molecule has 0 aliphatic heterocycles. The zero-order valence-electron chi connectivity index (χ0n) is 12.3. The lowest BCUT2D eigenvalue weighted by molar-refractivity contribution is 0.543. The standard InChI is InChI=1S/C15H18BrF2N3/c1-4-13-15(16)14(21(3)20-13)7-12(19)9-5-8(2)10(17)6-11(9)18/h5-6,12H,4,7,19H2,1-3H3. The van der Waals surface area contributed by atoms with Crippen molar-refractivity contribution in [3.8, 4) is 0 Å². The van der Waals surface area contributed by atoms with Gasteiger partial charge >= 0.3 is 0 Å². The minimum atomic E-state index is -0.611. The zero-order valence-corrected chi connectivity index (χ0v) is 13.8. The van der Waals surface area contributed by atoms with Crippen LogP contribution in [0.15, 0.2) is 16.6 Å². The lowest BCUT2D eigenvalue weighted by Gasteiger charge is -2.15. The number of benzene rings is 1. The maximum absolute atomic E-state index is 13.9. The second-order valence-corrected chi connectivity index (χ2v) is 5.91. The van der Waals surface area contributed by atoms with Gasteiger partial charge in [0.25, 0.3) is 0 Å². The van der Waals surface area contributed by atoms with Crippen LogP contribution in [-0.2, 0) is 19.9 Å². The van der Waals surface area contributed by atoms with Gasteiger partial charge in [-0.2, -0.15) is 5.10 Å². The minimum absolute atomic E-state index is 0.319. The highest BCUT2D eigenvalue weighted by molar-refractivity contribution is 9.10.